The summed E-state index contributed by atoms with van der Waals surface area (Å²) in [7, 11) is -2.80. The number of likely N-dealkylation sites (tertiary alicyclic amines) is 1. The Morgan fingerprint density at radius 2 is 1.70 bits per heavy atom. The van der Waals surface area contributed by atoms with Crippen LogP contribution in [0.5, 0.6) is 5.75 Å². The summed E-state index contributed by atoms with van der Waals surface area (Å²) >= 11 is 0. The van der Waals surface area contributed by atoms with E-state index in [1.54, 1.807) is 24.3 Å². The smallest absolute Gasteiger partial charge is 0.301 e. The molecule has 70 heavy (non-hydrogen) atoms. The number of imide groups is 1. The first kappa shape index (κ1) is 45.9. The average molecular weight is 980 g/mol. The molecule has 16 nitrogen and oxygen atoms in total. The molecule has 0 saturated carbocycles. The minimum atomic E-state index is -4.36. The van der Waals surface area contributed by atoms with E-state index in [1.165, 1.54) is 6.20 Å². The van der Waals surface area contributed by atoms with Crippen LogP contribution in [0.15, 0.2) is 67.0 Å². The van der Waals surface area contributed by atoms with Gasteiger partial charge in [-0.25, -0.2) is 18.2 Å². The highest BCUT2D eigenvalue weighted by atomic mass is 32.2. The van der Waals surface area contributed by atoms with Crippen LogP contribution >= 0.6 is 0 Å². The van der Waals surface area contributed by atoms with Crippen LogP contribution in [0, 0.1) is 23.0 Å². The van der Waals surface area contributed by atoms with Gasteiger partial charge < -0.3 is 29.3 Å². The summed E-state index contributed by atoms with van der Waals surface area (Å²) < 4.78 is 79.0. The van der Waals surface area contributed by atoms with Crippen molar-refractivity contribution in [3.05, 3.63) is 101 Å². The number of benzene rings is 3. The van der Waals surface area contributed by atoms with Gasteiger partial charge in [0.25, 0.3) is 5.91 Å². The largest absolute Gasteiger partial charge is 0.496 e. The third kappa shape index (κ3) is 8.32. The zero-order chi connectivity index (χ0) is 48.6. The third-order valence-electron chi connectivity index (χ3n) is 15.2. The SMILES string of the molecule is COc1cc(N2CCC(CN3CCC4(C3)CN(c3ccc(-c5cnc6[nH]cc(C(=O)c7c(F)ccc(NS(=O)(=O)N8CC[C@@H](F)C8)c7F)c6c5)cc3)C4)CC2)cc2c1C(=O)N(C1CCC(=O)NC1=O)C2. The number of H-pyrrole nitrogens is 1. The molecule has 11 rings (SSSR count). The van der Waals surface area contributed by atoms with Gasteiger partial charge in [0, 0.05) is 117 Å². The van der Waals surface area contributed by atoms with Gasteiger partial charge in [-0.15, -0.1) is 0 Å². The van der Waals surface area contributed by atoms with E-state index < -0.39 is 57.0 Å². The molecule has 5 fully saturated rings. The number of halogens is 3. The number of hydrogen-bond donors (Lipinski definition) is 3. The number of carbonyl (C=O) groups is 4. The number of nitrogens with one attached hydrogen (secondary N) is 3. The summed E-state index contributed by atoms with van der Waals surface area (Å²) in [6, 6.07) is 14.8. The lowest BCUT2D eigenvalue weighted by molar-refractivity contribution is -0.136. The lowest BCUT2D eigenvalue weighted by Crippen LogP contribution is -2.57. The number of rotatable bonds is 12. The molecule has 5 saturated heterocycles. The maximum absolute atomic E-state index is 15.8. The van der Waals surface area contributed by atoms with Crippen molar-refractivity contribution in [3.8, 4) is 16.9 Å². The molecule has 5 aromatic rings. The average Bonchev–Trinajstić information content (AvgIpc) is 4.15. The van der Waals surface area contributed by atoms with E-state index in [9.17, 15) is 32.0 Å². The maximum Gasteiger partial charge on any atom is 0.301 e. The van der Waals surface area contributed by atoms with Crippen molar-refractivity contribution in [3.63, 3.8) is 0 Å². The monoisotopic (exact) mass is 979 g/mol. The molecule has 20 heteroatoms. The van der Waals surface area contributed by atoms with Gasteiger partial charge >= 0.3 is 10.2 Å². The van der Waals surface area contributed by atoms with E-state index in [1.807, 2.05) is 22.9 Å². The Balaban J connectivity index is 0.687. The lowest BCUT2D eigenvalue weighted by Gasteiger charge is -2.49. The molecule has 0 aliphatic carbocycles. The molecule has 3 N–H and O–H groups in total. The first-order valence-corrected chi connectivity index (χ1v) is 25.2. The van der Waals surface area contributed by atoms with Gasteiger partial charge in [-0.05, 0) is 92.1 Å². The zero-order valence-electron chi connectivity index (χ0n) is 38.5. The third-order valence-corrected chi connectivity index (χ3v) is 16.7. The van der Waals surface area contributed by atoms with E-state index in [0.29, 0.717) is 46.8 Å². The fourth-order valence-corrected chi connectivity index (χ4v) is 12.7. The van der Waals surface area contributed by atoms with Gasteiger partial charge in [-0.2, -0.15) is 12.7 Å². The summed E-state index contributed by atoms with van der Waals surface area (Å²) in [5.74, 6) is -3.47. The molecule has 2 aromatic heterocycles. The molecule has 3 aromatic carbocycles. The molecule has 366 valence electrons. The first-order valence-electron chi connectivity index (χ1n) is 23.8. The van der Waals surface area contributed by atoms with E-state index >= 15 is 8.78 Å². The lowest BCUT2D eigenvalue weighted by atomic mass is 9.78. The number of ketones is 1. The van der Waals surface area contributed by atoms with Crippen molar-refractivity contribution in [2.24, 2.45) is 11.3 Å². The summed E-state index contributed by atoms with van der Waals surface area (Å²) in [6.07, 6.45) is 5.38. The highest BCUT2D eigenvalue weighted by molar-refractivity contribution is 7.90. The number of anilines is 3. The van der Waals surface area contributed by atoms with Crippen LogP contribution < -0.4 is 24.6 Å². The Morgan fingerprint density at radius 1 is 0.914 bits per heavy atom. The number of aromatic amines is 1. The van der Waals surface area contributed by atoms with Crippen LogP contribution in [-0.4, -0.2) is 134 Å². The topological polar surface area (TPSA) is 181 Å². The van der Waals surface area contributed by atoms with Crippen molar-refractivity contribution in [1.82, 2.24) is 29.4 Å². The fourth-order valence-electron chi connectivity index (χ4n) is 11.4. The van der Waals surface area contributed by atoms with Gasteiger partial charge in [-0.1, -0.05) is 12.1 Å². The molecular weight excluding hydrogens is 928 g/mol. The van der Waals surface area contributed by atoms with Crippen LogP contribution in [0.2, 0.25) is 0 Å². The number of pyridine rings is 1. The number of methoxy groups -OCH3 is 1. The molecule has 0 radical (unpaired) electrons. The maximum atomic E-state index is 15.8. The highest BCUT2D eigenvalue weighted by Crippen LogP contribution is 2.44. The standard InChI is InChI=1S/C50H52F3N9O7S/c1-69-41-20-35(18-32-24-62(49(66)43(32)41)40-8-9-42(63)56-48(40)65)59-14-10-29(11-15-59)23-58-17-13-50(26-58)27-60(28-50)34-4-2-30(3-5-34)31-19-36-37(22-55-47(36)54-21-31)46(64)44-38(52)6-7-39(45(44)53)57-70(67,68)61-16-12-33(51)25-61/h2-7,18-22,29,33,40,57H,8-17,23-28H2,1H3,(H,54,55)(H,56,63,65)/t33-,40?/m1/s1. The molecule has 2 atom stereocenters. The van der Waals surface area contributed by atoms with Crippen molar-refractivity contribution < 1.29 is 45.5 Å². The van der Waals surface area contributed by atoms with E-state index in [2.05, 4.69) is 48.2 Å². The van der Waals surface area contributed by atoms with Crippen LogP contribution in [-0.2, 0) is 26.3 Å². The zero-order valence-corrected chi connectivity index (χ0v) is 39.3. The summed E-state index contributed by atoms with van der Waals surface area (Å²) in [6.45, 7) is 6.69. The van der Waals surface area contributed by atoms with Crippen molar-refractivity contribution in [1.29, 1.82) is 0 Å². The summed E-state index contributed by atoms with van der Waals surface area (Å²) in [4.78, 5) is 67.9. The van der Waals surface area contributed by atoms with Crippen LogP contribution in [0.25, 0.3) is 22.2 Å². The van der Waals surface area contributed by atoms with E-state index in [4.69, 9.17) is 4.74 Å². The van der Waals surface area contributed by atoms with E-state index in [-0.39, 0.29) is 48.7 Å². The normalized spacial score (nSPS) is 22.0. The Bertz CT molecular complexity index is 3070. The molecule has 3 amide bonds. The van der Waals surface area contributed by atoms with Crippen molar-refractivity contribution in [2.75, 3.05) is 80.5 Å². The number of aromatic nitrogens is 2. The number of nitrogens with zero attached hydrogens (tertiary/aromatic N) is 6. The second-order valence-electron chi connectivity index (χ2n) is 19.7. The number of carbonyl (C=O) groups excluding carboxylic acids is 4. The van der Waals surface area contributed by atoms with Gasteiger partial charge in [0.1, 0.15) is 29.4 Å². The molecular formula is C50H52F3N9O7S. The number of amides is 3. The number of piperidine rings is 2. The molecule has 6 aliphatic rings. The molecule has 6 aliphatic heterocycles. The number of hydrogen-bond acceptors (Lipinski definition) is 11. The fraction of sp³-hybridized carbons (Fsp3) is 0.420. The Morgan fingerprint density at radius 3 is 2.43 bits per heavy atom. The van der Waals surface area contributed by atoms with Crippen LogP contribution in [0.4, 0.5) is 30.2 Å². The minimum absolute atomic E-state index is 0.00307. The van der Waals surface area contributed by atoms with Gasteiger partial charge in [0.2, 0.25) is 17.6 Å². The van der Waals surface area contributed by atoms with Gasteiger partial charge in [0.15, 0.2) is 5.82 Å². The van der Waals surface area contributed by atoms with E-state index in [0.717, 1.165) is 104 Å². The summed E-state index contributed by atoms with van der Waals surface area (Å²) in [5, 5.41) is 2.70. The van der Waals surface area contributed by atoms with Gasteiger partial charge in [-0.3, -0.25) is 29.2 Å². The number of fused-ring (bicyclic) bond motifs is 2. The molecule has 1 unspecified atom stereocenters. The Labute approximate surface area is 402 Å². The second-order valence-corrected chi connectivity index (χ2v) is 21.4. The number of ether oxygens (including phenoxy) is 1. The minimum Gasteiger partial charge on any atom is -0.496 e. The number of alkyl halides is 1. The molecule has 8 heterocycles. The summed E-state index contributed by atoms with van der Waals surface area (Å²) in [5.41, 5.74) is 3.91. The molecule has 0 bridgehead atoms. The molecule has 1 spiro atoms. The Hall–Kier alpha value is -6.51. The quantitative estimate of drug-likeness (QED) is 0.104. The predicted octanol–water partition coefficient (Wildman–Crippen LogP) is 5.64. The van der Waals surface area contributed by atoms with Crippen LogP contribution in [0.3, 0.4) is 0 Å². The van der Waals surface area contributed by atoms with Crippen LogP contribution in [0.1, 0.15) is 70.4 Å². The highest BCUT2D eigenvalue weighted by Gasteiger charge is 2.48. The predicted molar refractivity (Wildman–Crippen MR) is 255 cm³/mol. The van der Waals surface area contributed by atoms with Crippen molar-refractivity contribution >= 4 is 61.8 Å². The van der Waals surface area contributed by atoms with Crippen molar-refractivity contribution in [2.45, 2.75) is 57.3 Å². The van der Waals surface area contributed by atoms with Gasteiger partial charge in [0.05, 0.1) is 23.9 Å². The second kappa shape index (κ2) is 17.7. The Kier molecular flexibility index (Phi) is 11.6. The first-order chi connectivity index (χ1) is 33.7.